The van der Waals surface area contributed by atoms with Gasteiger partial charge >= 0.3 is 0 Å². The lowest BCUT2D eigenvalue weighted by Crippen LogP contribution is -2.43. The van der Waals surface area contributed by atoms with Crippen LogP contribution in [0.25, 0.3) is 0 Å². The Morgan fingerprint density at radius 3 is 2.46 bits per heavy atom. The number of rotatable bonds is 18. The normalized spacial score (nSPS) is 11.8. The van der Waals surface area contributed by atoms with Crippen molar-refractivity contribution in [2.75, 3.05) is 64.5 Å². The highest BCUT2D eigenvalue weighted by Crippen LogP contribution is 2.14. The van der Waals surface area contributed by atoms with Crippen LogP contribution in [-0.2, 0) is 16.0 Å². The van der Waals surface area contributed by atoms with E-state index >= 15 is 0 Å². The number of likely N-dealkylation sites (N-methyl/N-ethyl adjacent to an activating group) is 2. The molecule has 4 N–H and O–H groups in total. The van der Waals surface area contributed by atoms with Gasteiger partial charge in [0.1, 0.15) is 11.4 Å². The average molecular weight is 568 g/mol. The number of carbonyl (C=O) groups excluding carboxylic acids is 3. The SMILES string of the molecule is CCCNc1nc(NCCc2ccncc2)ncc1C(=O)NCCC(CC)NC(=O)CN(C)C(=O)/C=C/CN(C)C. The van der Waals surface area contributed by atoms with Crippen LogP contribution in [0.5, 0.6) is 0 Å². The molecule has 0 saturated carbocycles. The van der Waals surface area contributed by atoms with E-state index in [1.165, 1.54) is 17.2 Å². The highest BCUT2D eigenvalue weighted by molar-refractivity contribution is 5.98. The number of pyridine rings is 1. The van der Waals surface area contributed by atoms with E-state index in [1.54, 1.807) is 25.5 Å². The zero-order valence-electron chi connectivity index (χ0n) is 24.9. The molecular weight excluding hydrogens is 522 g/mol. The van der Waals surface area contributed by atoms with Gasteiger partial charge in [0.15, 0.2) is 0 Å². The molecule has 0 saturated heterocycles. The molecule has 1 atom stereocenters. The van der Waals surface area contributed by atoms with Crippen molar-refractivity contribution in [3.63, 3.8) is 0 Å². The smallest absolute Gasteiger partial charge is 0.256 e. The van der Waals surface area contributed by atoms with E-state index in [4.69, 9.17) is 0 Å². The Kier molecular flexibility index (Phi) is 14.8. The quantitative estimate of drug-likeness (QED) is 0.199. The van der Waals surface area contributed by atoms with Crippen LogP contribution in [0.15, 0.2) is 42.9 Å². The summed E-state index contributed by atoms with van der Waals surface area (Å²) in [6.45, 7) is 6.28. The Morgan fingerprint density at radius 1 is 1.02 bits per heavy atom. The van der Waals surface area contributed by atoms with Crippen molar-refractivity contribution in [2.45, 2.75) is 45.6 Å². The van der Waals surface area contributed by atoms with Crippen LogP contribution in [-0.4, -0.2) is 102 Å². The Hall–Kier alpha value is -4.06. The molecule has 41 heavy (non-hydrogen) atoms. The van der Waals surface area contributed by atoms with Crippen LogP contribution >= 0.6 is 0 Å². The van der Waals surface area contributed by atoms with Crippen molar-refractivity contribution in [1.29, 1.82) is 0 Å². The largest absolute Gasteiger partial charge is 0.369 e. The number of hydrogen-bond acceptors (Lipinski definition) is 9. The summed E-state index contributed by atoms with van der Waals surface area (Å²) in [5, 5.41) is 12.3. The van der Waals surface area contributed by atoms with Gasteiger partial charge in [-0.1, -0.05) is 19.9 Å². The third-order valence-corrected chi connectivity index (χ3v) is 6.15. The first-order valence-electron chi connectivity index (χ1n) is 14.1. The summed E-state index contributed by atoms with van der Waals surface area (Å²) in [4.78, 5) is 53.9. The summed E-state index contributed by atoms with van der Waals surface area (Å²) in [6.07, 6.45) is 11.2. The molecule has 2 heterocycles. The maximum Gasteiger partial charge on any atom is 0.256 e. The third kappa shape index (κ3) is 12.8. The number of nitrogens with zero attached hydrogens (tertiary/aromatic N) is 5. The van der Waals surface area contributed by atoms with E-state index in [0.29, 0.717) is 56.4 Å². The number of anilines is 2. The van der Waals surface area contributed by atoms with Crippen molar-refractivity contribution < 1.29 is 14.4 Å². The topological polar surface area (TPSA) is 144 Å². The molecule has 1 unspecified atom stereocenters. The third-order valence-electron chi connectivity index (χ3n) is 6.15. The van der Waals surface area contributed by atoms with Gasteiger partial charge in [-0.3, -0.25) is 19.4 Å². The highest BCUT2D eigenvalue weighted by Gasteiger charge is 2.17. The monoisotopic (exact) mass is 567 g/mol. The summed E-state index contributed by atoms with van der Waals surface area (Å²) < 4.78 is 0. The van der Waals surface area contributed by atoms with Crippen LogP contribution < -0.4 is 21.3 Å². The highest BCUT2D eigenvalue weighted by atomic mass is 16.2. The molecule has 2 aromatic heterocycles. The fourth-order valence-electron chi connectivity index (χ4n) is 3.77. The van der Waals surface area contributed by atoms with Gasteiger partial charge in [-0.15, -0.1) is 0 Å². The van der Waals surface area contributed by atoms with Gasteiger partial charge in [-0.05, 0) is 57.5 Å². The molecule has 0 fully saturated rings. The van der Waals surface area contributed by atoms with Crippen LogP contribution in [0.1, 0.15) is 49.0 Å². The summed E-state index contributed by atoms with van der Waals surface area (Å²) >= 11 is 0. The maximum absolute atomic E-state index is 13.0. The molecule has 2 aromatic rings. The predicted molar refractivity (Wildman–Crippen MR) is 162 cm³/mol. The van der Waals surface area contributed by atoms with E-state index in [1.807, 2.05) is 45.0 Å². The first-order chi connectivity index (χ1) is 19.7. The Balaban J connectivity index is 1.86. The molecule has 0 aliphatic rings. The lowest BCUT2D eigenvalue weighted by atomic mass is 10.1. The number of nitrogens with one attached hydrogen (secondary N) is 4. The molecule has 0 aliphatic heterocycles. The summed E-state index contributed by atoms with van der Waals surface area (Å²) in [5.41, 5.74) is 1.51. The summed E-state index contributed by atoms with van der Waals surface area (Å²) in [7, 11) is 5.42. The van der Waals surface area contributed by atoms with Gasteiger partial charge < -0.3 is 31.1 Å². The van der Waals surface area contributed by atoms with Crippen LogP contribution in [0, 0.1) is 0 Å². The van der Waals surface area contributed by atoms with Crippen molar-refractivity contribution in [1.82, 2.24) is 35.4 Å². The van der Waals surface area contributed by atoms with Crippen LogP contribution in [0.2, 0.25) is 0 Å². The molecule has 0 aromatic carbocycles. The predicted octanol–water partition coefficient (Wildman–Crippen LogP) is 1.94. The number of hydrogen-bond donors (Lipinski definition) is 4. The summed E-state index contributed by atoms with van der Waals surface area (Å²) in [6, 6.07) is 3.78. The Bertz CT molecular complexity index is 1130. The van der Waals surface area contributed by atoms with Gasteiger partial charge in [-0.2, -0.15) is 4.98 Å². The van der Waals surface area contributed by atoms with E-state index in [2.05, 4.69) is 36.2 Å². The van der Waals surface area contributed by atoms with Crippen LogP contribution in [0.3, 0.4) is 0 Å². The molecular formula is C29H45N9O3. The lowest BCUT2D eigenvalue weighted by Gasteiger charge is -2.20. The van der Waals surface area contributed by atoms with Gasteiger partial charge in [0, 0.05) is 63.9 Å². The van der Waals surface area contributed by atoms with Crippen molar-refractivity contribution in [2.24, 2.45) is 0 Å². The first kappa shape index (κ1) is 33.1. The second kappa shape index (κ2) is 18.3. The van der Waals surface area contributed by atoms with Crippen molar-refractivity contribution in [3.05, 3.63) is 54.0 Å². The molecule has 0 radical (unpaired) electrons. The average Bonchev–Trinajstić information content (AvgIpc) is 2.95. The second-order valence-electron chi connectivity index (χ2n) is 9.99. The molecule has 2 rings (SSSR count). The van der Waals surface area contributed by atoms with E-state index in [0.717, 1.165) is 18.4 Å². The minimum absolute atomic E-state index is 0.0409. The van der Waals surface area contributed by atoms with E-state index < -0.39 is 0 Å². The van der Waals surface area contributed by atoms with Crippen molar-refractivity contribution in [3.8, 4) is 0 Å². The maximum atomic E-state index is 13.0. The molecule has 0 aliphatic carbocycles. The number of amides is 3. The molecule has 0 bridgehead atoms. The van der Waals surface area contributed by atoms with Crippen molar-refractivity contribution >= 4 is 29.5 Å². The van der Waals surface area contributed by atoms with E-state index in [9.17, 15) is 14.4 Å². The van der Waals surface area contributed by atoms with E-state index in [-0.39, 0.29) is 30.3 Å². The first-order valence-corrected chi connectivity index (χ1v) is 14.1. The zero-order valence-corrected chi connectivity index (χ0v) is 24.9. The molecule has 3 amide bonds. The Morgan fingerprint density at radius 2 is 1.78 bits per heavy atom. The number of aromatic nitrogens is 3. The molecule has 0 spiro atoms. The van der Waals surface area contributed by atoms with Crippen LogP contribution in [0.4, 0.5) is 11.8 Å². The fraction of sp³-hybridized carbons (Fsp3) is 0.517. The molecule has 12 heteroatoms. The van der Waals surface area contributed by atoms with Gasteiger partial charge in [-0.25, -0.2) is 4.98 Å². The molecule has 224 valence electrons. The van der Waals surface area contributed by atoms with Gasteiger partial charge in [0.25, 0.3) is 5.91 Å². The fourth-order valence-corrected chi connectivity index (χ4v) is 3.77. The summed E-state index contributed by atoms with van der Waals surface area (Å²) in [5.74, 6) is 0.152. The standard InChI is InChI=1S/C29H45N9O3/c1-6-14-31-27-24(20-34-29(36-27)33-17-12-22-10-15-30-16-11-22)28(41)32-18-13-23(7-2)35-25(39)21-38(5)26(40)9-8-19-37(3)4/h8-11,15-16,20,23H,6-7,12-14,17-19,21H2,1-5H3,(H,32,41)(H,35,39)(H2,31,33,34,36)/b9-8+. The molecule has 12 nitrogen and oxygen atoms in total. The minimum atomic E-state index is -0.289. The second-order valence-corrected chi connectivity index (χ2v) is 9.99. The minimum Gasteiger partial charge on any atom is -0.369 e. The zero-order chi connectivity index (χ0) is 30.0. The van der Waals surface area contributed by atoms with Gasteiger partial charge in [0.2, 0.25) is 17.8 Å². The lowest BCUT2D eigenvalue weighted by molar-refractivity contribution is -0.131. The Labute approximate surface area is 243 Å². The number of carbonyl (C=O) groups is 3. The van der Waals surface area contributed by atoms with Gasteiger partial charge in [0.05, 0.1) is 6.54 Å².